The summed E-state index contributed by atoms with van der Waals surface area (Å²) in [5, 5.41) is 15.8. The zero-order valence-electron chi connectivity index (χ0n) is 16.8. The zero-order chi connectivity index (χ0) is 23.4. The number of nitro benzene ring substituents is 1. The number of fused-ring (bicyclic) bond motifs is 1. The van der Waals surface area contributed by atoms with Crippen LogP contribution in [0.15, 0.2) is 85.2 Å². The Morgan fingerprint density at radius 2 is 1.88 bits per heavy atom. The molecule has 8 nitrogen and oxygen atoms in total. The van der Waals surface area contributed by atoms with Gasteiger partial charge in [0.25, 0.3) is 5.69 Å². The lowest BCUT2D eigenvalue weighted by Crippen LogP contribution is -2.16. The van der Waals surface area contributed by atoms with E-state index in [1.54, 1.807) is 42.5 Å². The number of hydrazone groups is 1. The number of rotatable bonds is 7. The van der Waals surface area contributed by atoms with E-state index in [9.17, 15) is 14.9 Å². The molecule has 10 heteroatoms. The molecule has 0 atom stereocenters. The van der Waals surface area contributed by atoms with Crippen molar-refractivity contribution in [1.29, 1.82) is 0 Å². The number of non-ortho nitro benzene ring substituents is 1. The second-order valence-electron chi connectivity index (χ2n) is 6.89. The Kier molecular flexibility index (Phi) is 6.85. The van der Waals surface area contributed by atoms with E-state index in [-0.39, 0.29) is 18.1 Å². The van der Waals surface area contributed by atoms with Gasteiger partial charge in [0.1, 0.15) is 17.9 Å². The van der Waals surface area contributed by atoms with E-state index in [2.05, 4.69) is 42.4 Å². The molecule has 0 aliphatic heterocycles. The van der Waals surface area contributed by atoms with Gasteiger partial charge in [-0.05, 0) is 48.0 Å². The largest absolute Gasteiger partial charge is 0.488 e. The van der Waals surface area contributed by atoms with Crippen LogP contribution in [-0.2, 0) is 6.61 Å². The molecule has 0 spiro atoms. The molecule has 1 aromatic heterocycles. The van der Waals surface area contributed by atoms with Crippen LogP contribution < -0.4 is 10.2 Å². The first-order valence-corrected chi connectivity index (χ1v) is 11.2. The van der Waals surface area contributed by atoms with Gasteiger partial charge in [0, 0.05) is 32.0 Å². The van der Waals surface area contributed by atoms with Gasteiger partial charge in [0.05, 0.1) is 11.1 Å². The van der Waals surface area contributed by atoms with Gasteiger partial charge in [0.2, 0.25) is 0 Å². The summed E-state index contributed by atoms with van der Waals surface area (Å²) in [6.07, 6.45) is 1.45. The van der Waals surface area contributed by atoms with Crippen LogP contribution in [0.25, 0.3) is 11.0 Å². The number of furan rings is 1. The molecular weight excluding hydrogens is 558 g/mol. The smallest absolute Gasteiger partial charge is 0.307 e. The first-order chi connectivity index (χ1) is 15.9. The van der Waals surface area contributed by atoms with Crippen LogP contribution in [0.4, 0.5) is 5.69 Å². The minimum absolute atomic E-state index is 0.00523. The highest BCUT2D eigenvalue weighted by atomic mass is 79.9. The van der Waals surface area contributed by atoms with Crippen molar-refractivity contribution in [3.8, 4) is 5.75 Å². The van der Waals surface area contributed by atoms with E-state index >= 15 is 0 Å². The molecule has 0 bridgehead atoms. The van der Waals surface area contributed by atoms with Crippen LogP contribution in [0, 0.1) is 10.1 Å². The SMILES string of the molecule is O=C(N/N=C/c1cc(Br)ccc1OCc1cccc([N+](=O)[O-])c1)c1cc2cc(Br)ccc2o1. The third kappa shape index (κ3) is 5.65. The number of nitrogens with one attached hydrogen (secondary N) is 1. The van der Waals surface area contributed by atoms with E-state index in [1.807, 2.05) is 12.1 Å². The summed E-state index contributed by atoms with van der Waals surface area (Å²) in [6.45, 7) is 0.130. The average Bonchev–Trinajstić information content (AvgIpc) is 3.22. The van der Waals surface area contributed by atoms with Crippen molar-refractivity contribution in [1.82, 2.24) is 5.43 Å². The van der Waals surface area contributed by atoms with Crippen molar-refractivity contribution < 1.29 is 18.9 Å². The second-order valence-corrected chi connectivity index (χ2v) is 8.72. The summed E-state index contributed by atoms with van der Waals surface area (Å²) in [5.74, 6) is 0.139. The fraction of sp³-hybridized carbons (Fsp3) is 0.0435. The van der Waals surface area contributed by atoms with Gasteiger partial charge in [-0.3, -0.25) is 14.9 Å². The van der Waals surface area contributed by atoms with Crippen LogP contribution >= 0.6 is 31.9 Å². The molecule has 0 saturated heterocycles. The van der Waals surface area contributed by atoms with Gasteiger partial charge in [-0.1, -0.05) is 44.0 Å². The number of hydrogen-bond acceptors (Lipinski definition) is 6. The number of benzene rings is 3. The number of amides is 1. The molecule has 1 amide bonds. The summed E-state index contributed by atoms with van der Waals surface area (Å²) in [6, 6.07) is 18.6. The lowest BCUT2D eigenvalue weighted by molar-refractivity contribution is -0.384. The number of carbonyl (C=O) groups excluding carboxylic acids is 1. The maximum Gasteiger partial charge on any atom is 0.307 e. The number of nitrogens with zero attached hydrogens (tertiary/aromatic N) is 2. The molecule has 33 heavy (non-hydrogen) atoms. The average molecular weight is 573 g/mol. The Hall–Kier alpha value is -3.50. The quantitative estimate of drug-likeness (QED) is 0.161. The van der Waals surface area contributed by atoms with Crippen molar-refractivity contribution in [2.45, 2.75) is 6.61 Å². The third-order valence-electron chi connectivity index (χ3n) is 4.56. The van der Waals surface area contributed by atoms with E-state index in [0.717, 1.165) is 14.3 Å². The first-order valence-electron chi connectivity index (χ1n) is 9.57. The number of hydrogen-bond donors (Lipinski definition) is 1. The Morgan fingerprint density at radius 1 is 1.09 bits per heavy atom. The van der Waals surface area contributed by atoms with E-state index in [1.165, 1.54) is 18.3 Å². The molecule has 1 heterocycles. The molecule has 0 saturated carbocycles. The summed E-state index contributed by atoms with van der Waals surface area (Å²) in [7, 11) is 0. The van der Waals surface area contributed by atoms with Gasteiger partial charge in [0.15, 0.2) is 5.76 Å². The van der Waals surface area contributed by atoms with Crippen molar-refractivity contribution in [2.24, 2.45) is 5.10 Å². The monoisotopic (exact) mass is 571 g/mol. The molecule has 0 radical (unpaired) electrons. The first kappa shape index (κ1) is 22.7. The Bertz CT molecular complexity index is 1380. The van der Waals surface area contributed by atoms with Crippen LogP contribution in [-0.4, -0.2) is 17.0 Å². The van der Waals surface area contributed by atoms with Crippen LogP contribution in [0.1, 0.15) is 21.7 Å². The third-order valence-corrected chi connectivity index (χ3v) is 5.55. The Labute approximate surface area is 204 Å². The molecule has 3 aromatic carbocycles. The van der Waals surface area contributed by atoms with Gasteiger partial charge < -0.3 is 9.15 Å². The van der Waals surface area contributed by atoms with E-state index in [4.69, 9.17) is 9.15 Å². The van der Waals surface area contributed by atoms with Crippen LogP contribution in [0.2, 0.25) is 0 Å². The maximum atomic E-state index is 12.4. The number of nitro groups is 1. The molecular formula is C23H15Br2N3O5. The van der Waals surface area contributed by atoms with Crippen molar-refractivity contribution in [3.05, 3.63) is 103 Å². The van der Waals surface area contributed by atoms with Gasteiger partial charge >= 0.3 is 5.91 Å². The molecule has 0 aliphatic rings. The Morgan fingerprint density at radius 3 is 2.70 bits per heavy atom. The zero-order valence-corrected chi connectivity index (χ0v) is 20.0. The predicted molar refractivity (Wildman–Crippen MR) is 131 cm³/mol. The minimum Gasteiger partial charge on any atom is -0.488 e. The standard InChI is InChI=1S/C23H15Br2N3O5/c24-17-5-7-21-15(9-17)11-22(33-21)23(29)27-26-12-16-10-18(25)4-6-20(16)32-13-14-2-1-3-19(8-14)28(30)31/h1-12H,13H2,(H,27,29)/b26-12+. The minimum atomic E-state index is -0.493. The molecule has 4 rings (SSSR count). The molecule has 166 valence electrons. The molecule has 0 fully saturated rings. The summed E-state index contributed by atoms with van der Waals surface area (Å²) in [4.78, 5) is 22.9. The fourth-order valence-corrected chi connectivity index (χ4v) is 3.77. The molecule has 4 aromatic rings. The topological polar surface area (TPSA) is 107 Å². The van der Waals surface area contributed by atoms with E-state index < -0.39 is 10.8 Å². The molecule has 1 N–H and O–H groups in total. The van der Waals surface area contributed by atoms with Crippen molar-refractivity contribution >= 4 is 60.6 Å². The molecule has 0 unspecified atom stereocenters. The van der Waals surface area contributed by atoms with E-state index in [0.29, 0.717) is 22.5 Å². The summed E-state index contributed by atoms with van der Waals surface area (Å²) >= 11 is 6.79. The number of ether oxygens (including phenoxy) is 1. The highest BCUT2D eigenvalue weighted by molar-refractivity contribution is 9.10. The van der Waals surface area contributed by atoms with Crippen molar-refractivity contribution in [3.63, 3.8) is 0 Å². The predicted octanol–water partition coefficient (Wildman–Crippen LogP) is 6.21. The molecule has 0 aliphatic carbocycles. The summed E-state index contributed by atoms with van der Waals surface area (Å²) < 4.78 is 13.1. The van der Waals surface area contributed by atoms with Crippen LogP contribution in [0.3, 0.4) is 0 Å². The lowest BCUT2D eigenvalue weighted by atomic mass is 10.2. The fourth-order valence-electron chi connectivity index (χ4n) is 3.01. The Balaban J connectivity index is 1.46. The van der Waals surface area contributed by atoms with Crippen LogP contribution in [0.5, 0.6) is 5.75 Å². The number of carbonyl (C=O) groups is 1. The van der Waals surface area contributed by atoms with Gasteiger partial charge in [-0.15, -0.1) is 0 Å². The normalized spacial score (nSPS) is 11.1. The number of halogens is 2. The summed E-state index contributed by atoms with van der Waals surface area (Å²) in [5.41, 5.74) is 4.28. The lowest BCUT2D eigenvalue weighted by Gasteiger charge is -2.09. The van der Waals surface area contributed by atoms with Gasteiger partial charge in [-0.2, -0.15) is 5.10 Å². The highest BCUT2D eigenvalue weighted by Crippen LogP contribution is 2.25. The maximum absolute atomic E-state index is 12.4. The van der Waals surface area contributed by atoms with Crippen molar-refractivity contribution in [2.75, 3.05) is 0 Å². The van der Waals surface area contributed by atoms with Gasteiger partial charge in [-0.25, -0.2) is 5.43 Å². The second kappa shape index (κ2) is 9.97. The highest BCUT2D eigenvalue weighted by Gasteiger charge is 2.12.